The van der Waals surface area contributed by atoms with Crippen LogP contribution in [0.4, 0.5) is 4.79 Å². The third kappa shape index (κ3) is 11.3. The smallest absolute Gasteiger partial charge is 0.408 e. The summed E-state index contributed by atoms with van der Waals surface area (Å²) in [6.45, 7) is 18.4. The number of aryl methyl sites for hydroxylation is 1. The van der Waals surface area contributed by atoms with Gasteiger partial charge in [0.25, 0.3) is 10.1 Å². The number of carbonyl (C=O) groups excluding carboxylic acids is 1. The van der Waals surface area contributed by atoms with Crippen molar-refractivity contribution in [2.24, 2.45) is 0 Å². The van der Waals surface area contributed by atoms with Gasteiger partial charge in [-0.2, -0.15) is 8.42 Å². The van der Waals surface area contributed by atoms with E-state index in [2.05, 4.69) is 44.2 Å². The van der Waals surface area contributed by atoms with Crippen LogP contribution in [0.2, 0.25) is 18.1 Å². The average molecular weight is 599 g/mol. The van der Waals surface area contributed by atoms with Crippen LogP contribution >= 0.6 is 11.3 Å². The highest BCUT2D eigenvalue weighted by atomic mass is 32.2. The van der Waals surface area contributed by atoms with Crippen LogP contribution in [-0.4, -0.2) is 52.4 Å². The van der Waals surface area contributed by atoms with Crippen LogP contribution in [0.15, 0.2) is 29.8 Å². The van der Waals surface area contributed by atoms with E-state index in [9.17, 15) is 13.2 Å². The van der Waals surface area contributed by atoms with Gasteiger partial charge in [0, 0.05) is 6.10 Å². The Labute approximate surface area is 240 Å². The van der Waals surface area contributed by atoms with Crippen LogP contribution in [0.25, 0.3) is 10.4 Å². The molecule has 1 amide bonds. The molecule has 0 radical (unpaired) electrons. The van der Waals surface area contributed by atoms with E-state index in [4.69, 9.17) is 13.3 Å². The molecule has 0 aliphatic heterocycles. The predicted molar refractivity (Wildman–Crippen MR) is 161 cm³/mol. The monoisotopic (exact) mass is 598 g/mol. The van der Waals surface area contributed by atoms with E-state index < -0.39 is 30.1 Å². The minimum Gasteiger partial charge on any atom is -0.444 e. The van der Waals surface area contributed by atoms with Gasteiger partial charge in [-0.15, -0.1) is 11.3 Å². The number of rotatable bonds is 12. The van der Waals surface area contributed by atoms with Gasteiger partial charge in [0.15, 0.2) is 8.32 Å². The Bertz CT molecular complexity index is 1180. The van der Waals surface area contributed by atoms with Crippen molar-refractivity contribution in [3.05, 3.63) is 41.0 Å². The number of benzene rings is 1. The van der Waals surface area contributed by atoms with Gasteiger partial charge in [-0.1, -0.05) is 45.0 Å². The van der Waals surface area contributed by atoms with E-state index in [-0.39, 0.29) is 23.8 Å². The lowest BCUT2D eigenvalue weighted by Crippen LogP contribution is -2.44. The highest BCUT2D eigenvalue weighted by Gasteiger charge is 2.39. The number of carbonyl (C=O) groups is 1. The zero-order valence-electron chi connectivity index (χ0n) is 25.1. The Morgan fingerprint density at radius 2 is 1.67 bits per heavy atom. The molecule has 0 aliphatic carbocycles. The molecule has 2 atom stereocenters. The van der Waals surface area contributed by atoms with Crippen LogP contribution in [0, 0.1) is 6.92 Å². The summed E-state index contributed by atoms with van der Waals surface area (Å²) in [6, 6.07) is 7.81. The van der Waals surface area contributed by atoms with Gasteiger partial charge < -0.3 is 14.5 Å². The molecule has 1 N–H and O–H groups in total. The Kier molecular flexibility index (Phi) is 11.3. The van der Waals surface area contributed by atoms with E-state index in [0.29, 0.717) is 19.3 Å². The van der Waals surface area contributed by atoms with Gasteiger partial charge in [0.2, 0.25) is 0 Å². The van der Waals surface area contributed by atoms with E-state index in [1.807, 2.05) is 57.5 Å². The zero-order chi connectivity index (χ0) is 29.6. The highest BCUT2D eigenvalue weighted by molar-refractivity contribution is 7.85. The van der Waals surface area contributed by atoms with Gasteiger partial charge in [-0.25, -0.2) is 9.78 Å². The molecule has 0 saturated heterocycles. The van der Waals surface area contributed by atoms with Gasteiger partial charge in [-0.05, 0) is 76.2 Å². The molecule has 1 heterocycles. The highest BCUT2D eigenvalue weighted by Crippen LogP contribution is 2.38. The molecule has 1 unspecified atom stereocenters. The topological polar surface area (TPSA) is 104 Å². The van der Waals surface area contributed by atoms with Crippen LogP contribution < -0.4 is 5.32 Å². The molecule has 2 rings (SSSR count). The molecule has 0 bridgehead atoms. The SMILES string of the molecule is Cc1ncsc1-c1ccc([C@H](CCC(CCOS(C)(=O)=O)O[Si](C)(C)C(C)(C)C)NC(=O)OC(C)(C)C)cc1. The second-order valence-corrected chi connectivity index (χ2v) is 19.7. The molecule has 0 fully saturated rings. The van der Waals surface area contributed by atoms with Crippen LogP contribution in [0.1, 0.15) is 78.1 Å². The fourth-order valence-corrected chi connectivity index (χ4v) is 6.39. The number of nitrogens with one attached hydrogen (secondary N) is 1. The van der Waals surface area contributed by atoms with Crippen molar-refractivity contribution in [1.29, 1.82) is 0 Å². The maximum Gasteiger partial charge on any atom is 0.408 e. The molecule has 1 aromatic carbocycles. The van der Waals surface area contributed by atoms with Crippen molar-refractivity contribution in [2.75, 3.05) is 12.9 Å². The number of hydrogen-bond acceptors (Lipinski definition) is 8. The number of ether oxygens (including phenoxy) is 1. The van der Waals surface area contributed by atoms with E-state index in [1.165, 1.54) is 0 Å². The Hall–Kier alpha value is -1.79. The maximum atomic E-state index is 12.8. The lowest BCUT2D eigenvalue weighted by Gasteiger charge is -2.39. The summed E-state index contributed by atoms with van der Waals surface area (Å²) in [5.74, 6) is 0. The molecule has 39 heavy (non-hydrogen) atoms. The first-order valence-corrected chi connectivity index (χ1v) is 18.9. The summed E-state index contributed by atoms with van der Waals surface area (Å²) >= 11 is 1.60. The summed E-state index contributed by atoms with van der Waals surface area (Å²) in [7, 11) is -5.69. The summed E-state index contributed by atoms with van der Waals surface area (Å²) in [5, 5.41) is 3.03. The molecule has 11 heteroatoms. The number of aromatic nitrogens is 1. The van der Waals surface area contributed by atoms with Crippen molar-refractivity contribution < 1.29 is 26.6 Å². The molecule has 0 spiro atoms. The molecule has 0 aliphatic rings. The number of alkyl carbamates (subject to hydrolysis) is 1. The van der Waals surface area contributed by atoms with E-state index in [0.717, 1.165) is 28.0 Å². The predicted octanol–water partition coefficient (Wildman–Crippen LogP) is 7.22. The van der Waals surface area contributed by atoms with Gasteiger partial charge >= 0.3 is 6.09 Å². The van der Waals surface area contributed by atoms with E-state index >= 15 is 0 Å². The molecule has 1 aromatic heterocycles. The van der Waals surface area contributed by atoms with E-state index in [1.54, 1.807) is 11.3 Å². The Balaban J connectivity index is 2.28. The average Bonchev–Trinajstić information content (AvgIpc) is 3.19. The second kappa shape index (κ2) is 13.2. The normalized spacial score (nSPS) is 14.6. The fraction of sp³-hybridized carbons (Fsp3) is 0.643. The summed E-state index contributed by atoms with van der Waals surface area (Å²) in [4.78, 5) is 18.2. The lowest BCUT2D eigenvalue weighted by atomic mass is 9.98. The molecule has 0 saturated carbocycles. The fourth-order valence-electron chi connectivity index (χ4n) is 3.76. The van der Waals surface area contributed by atoms with Crippen LogP contribution in [-0.2, 0) is 23.5 Å². The number of hydrogen-bond donors (Lipinski definition) is 1. The minimum absolute atomic E-state index is 0.0122. The Morgan fingerprint density at radius 1 is 1.05 bits per heavy atom. The summed E-state index contributed by atoms with van der Waals surface area (Å²) in [5.41, 5.74) is 4.22. The molecular weight excluding hydrogens is 553 g/mol. The molecule has 8 nitrogen and oxygen atoms in total. The molecule has 2 aromatic rings. The first-order valence-electron chi connectivity index (χ1n) is 13.3. The summed E-state index contributed by atoms with van der Waals surface area (Å²) < 4.78 is 40.4. The first kappa shape index (κ1) is 33.4. The maximum absolute atomic E-state index is 12.8. The molecular formula is C28H46N2O6S2Si. The Morgan fingerprint density at radius 3 is 2.15 bits per heavy atom. The largest absolute Gasteiger partial charge is 0.444 e. The van der Waals surface area contributed by atoms with Crippen molar-refractivity contribution in [1.82, 2.24) is 10.3 Å². The van der Waals surface area contributed by atoms with Crippen molar-refractivity contribution in [3.8, 4) is 10.4 Å². The van der Waals surface area contributed by atoms with Crippen molar-refractivity contribution >= 4 is 35.9 Å². The number of thiazole rings is 1. The minimum atomic E-state index is -3.55. The lowest BCUT2D eigenvalue weighted by molar-refractivity contribution is 0.0493. The third-order valence-corrected chi connectivity index (χ3v) is 12.9. The third-order valence-electron chi connectivity index (χ3n) is 6.79. The molecule has 220 valence electrons. The number of amides is 1. The van der Waals surface area contributed by atoms with Gasteiger partial charge in [-0.3, -0.25) is 4.18 Å². The second-order valence-electron chi connectivity index (χ2n) is 12.5. The standard InChI is InChI=1S/C28H46N2O6S2Si/c1-20-25(37-19-29-20)22-13-11-21(12-14-22)24(30-26(31)35-27(2,3)4)16-15-23(17-18-34-38(8,32)33)36-39(9,10)28(5,6)7/h11-14,19,23-24H,15-18H2,1-10H3,(H,30,31)/t23?,24-/m0/s1. The quantitative estimate of drug-likeness (QED) is 0.203. The van der Waals surface area contributed by atoms with Gasteiger partial charge in [0.05, 0.1) is 35.0 Å². The first-order chi connectivity index (χ1) is 17.8. The number of nitrogens with zero attached hydrogens (tertiary/aromatic N) is 1. The zero-order valence-corrected chi connectivity index (χ0v) is 27.7. The van der Waals surface area contributed by atoms with Crippen molar-refractivity contribution in [3.63, 3.8) is 0 Å². The summed E-state index contributed by atoms with van der Waals surface area (Å²) in [6.07, 6.45) is 1.95. The van der Waals surface area contributed by atoms with Gasteiger partial charge in [0.1, 0.15) is 5.60 Å². The van der Waals surface area contributed by atoms with Crippen LogP contribution in [0.3, 0.4) is 0 Å². The van der Waals surface area contributed by atoms with Crippen LogP contribution in [0.5, 0.6) is 0 Å². The van der Waals surface area contributed by atoms with Crippen molar-refractivity contribution in [2.45, 2.75) is 104 Å².